The first-order valence-corrected chi connectivity index (χ1v) is 9.64. The Morgan fingerprint density at radius 2 is 1.57 bits per heavy atom. The second-order valence-electron chi connectivity index (χ2n) is 5.87. The number of methoxy groups -OCH3 is 1. The van der Waals surface area contributed by atoms with Crippen LogP contribution in [0.5, 0.6) is 0 Å². The first kappa shape index (κ1) is 27.2. The molecular formula is C20H38O8. The molecular weight excluding hydrogens is 368 g/mol. The van der Waals surface area contributed by atoms with Crippen molar-refractivity contribution in [3.63, 3.8) is 0 Å². The van der Waals surface area contributed by atoms with Crippen LogP contribution in [0.2, 0.25) is 0 Å². The average molecular weight is 407 g/mol. The molecule has 1 heterocycles. The van der Waals surface area contributed by atoms with E-state index in [1.165, 1.54) is 0 Å². The van der Waals surface area contributed by atoms with Gasteiger partial charge in [-0.15, -0.1) is 13.2 Å². The van der Waals surface area contributed by atoms with E-state index in [4.69, 9.17) is 38.3 Å². The van der Waals surface area contributed by atoms with Gasteiger partial charge in [-0.2, -0.15) is 0 Å². The normalized spacial score (nSPS) is 16.1. The van der Waals surface area contributed by atoms with Gasteiger partial charge in [-0.1, -0.05) is 12.2 Å². The zero-order chi connectivity index (χ0) is 20.7. The van der Waals surface area contributed by atoms with E-state index >= 15 is 0 Å². The van der Waals surface area contributed by atoms with Gasteiger partial charge in [0.1, 0.15) is 19.0 Å². The largest absolute Gasteiger partial charge is 0.394 e. The molecule has 1 N–H and O–H groups in total. The fraction of sp³-hybridized carbons (Fsp3) is 0.800. The Kier molecular flexibility index (Phi) is 21.8. The van der Waals surface area contributed by atoms with Gasteiger partial charge in [0.05, 0.1) is 66.1 Å². The summed E-state index contributed by atoms with van der Waals surface area (Å²) in [6.45, 7) is 12.7. The number of epoxide rings is 1. The van der Waals surface area contributed by atoms with Gasteiger partial charge >= 0.3 is 0 Å². The summed E-state index contributed by atoms with van der Waals surface area (Å²) in [6.07, 6.45) is 5.46. The van der Waals surface area contributed by atoms with Gasteiger partial charge in [0, 0.05) is 7.11 Å². The summed E-state index contributed by atoms with van der Waals surface area (Å²) < 4.78 is 36.7. The van der Waals surface area contributed by atoms with Crippen molar-refractivity contribution in [3.8, 4) is 0 Å². The lowest BCUT2D eigenvalue weighted by atomic mass is 10.4. The van der Waals surface area contributed by atoms with Gasteiger partial charge < -0.3 is 38.3 Å². The minimum absolute atomic E-state index is 0.108. The van der Waals surface area contributed by atoms with Gasteiger partial charge in [-0.25, -0.2) is 0 Å². The van der Waals surface area contributed by atoms with Crippen LogP contribution in [0.4, 0.5) is 0 Å². The molecule has 0 aromatic heterocycles. The predicted octanol–water partition coefficient (Wildman–Crippen LogP) is 1.57. The highest BCUT2D eigenvalue weighted by molar-refractivity contribution is 4.68. The van der Waals surface area contributed by atoms with E-state index in [-0.39, 0.29) is 25.6 Å². The molecule has 1 saturated heterocycles. The van der Waals surface area contributed by atoms with Crippen LogP contribution in [0.3, 0.4) is 0 Å². The summed E-state index contributed by atoms with van der Waals surface area (Å²) >= 11 is 0. The molecule has 8 nitrogen and oxygen atoms in total. The van der Waals surface area contributed by atoms with Crippen molar-refractivity contribution in [3.05, 3.63) is 25.3 Å². The zero-order valence-electron chi connectivity index (χ0n) is 17.2. The second kappa shape index (κ2) is 22.4. The molecule has 0 aromatic carbocycles. The van der Waals surface area contributed by atoms with Crippen LogP contribution in [0.15, 0.2) is 25.3 Å². The van der Waals surface area contributed by atoms with Crippen molar-refractivity contribution in [1.29, 1.82) is 0 Å². The van der Waals surface area contributed by atoms with E-state index in [2.05, 4.69) is 13.2 Å². The van der Waals surface area contributed by atoms with E-state index in [0.717, 1.165) is 19.4 Å². The molecule has 0 saturated carbocycles. The van der Waals surface area contributed by atoms with Crippen molar-refractivity contribution < 1.29 is 38.3 Å². The lowest BCUT2D eigenvalue weighted by Gasteiger charge is -2.17. The summed E-state index contributed by atoms with van der Waals surface area (Å²) in [5.74, 6) is 0. The minimum atomic E-state index is -0.137. The van der Waals surface area contributed by atoms with Crippen LogP contribution in [-0.4, -0.2) is 97.3 Å². The average Bonchev–Trinajstić information content (AvgIpc) is 3.53. The highest BCUT2D eigenvalue weighted by Gasteiger charge is 2.23. The monoisotopic (exact) mass is 406 g/mol. The Hall–Kier alpha value is -0.840. The summed E-state index contributed by atoms with van der Waals surface area (Å²) in [5.41, 5.74) is 0. The highest BCUT2D eigenvalue weighted by atomic mass is 16.7. The highest BCUT2D eigenvalue weighted by Crippen LogP contribution is 2.09. The Bertz CT molecular complexity index is 336. The van der Waals surface area contributed by atoms with E-state index in [1.54, 1.807) is 13.2 Å². The van der Waals surface area contributed by atoms with Crippen LogP contribution in [0.25, 0.3) is 0 Å². The van der Waals surface area contributed by atoms with Gasteiger partial charge in [0.15, 0.2) is 0 Å². The molecule has 0 amide bonds. The lowest BCUT2D eigenvalue weighted by molar-refractivity contribution is -0.123. The van der Waals surface area contributed by atoms with Crippen LogP contribution in [-0.2, 0) is 33.2 Å². The third-order valence-corrected chi connectivity index (χ3v) is 3.28. The Balaban J connectivity index is 0.000000769. The maximum absolute atomic E-state index is 8.21. The molecule has 0 bridgehead atoms. The number of aliphatic hydroxyl groups is 1. The van der Waals surface area contributed by atoms with Crippen LogP contribution < -0.4 is 0 Å². The Morgan fingerprint density at radius 3 is 2.14 bits per heavy atom. The third kappa shape index (κ3) is 21.5. The van der Waals surface area contributed by atoms with Crippen molar-refractivity contribution in [2.24, 2.45) is 0 Å². The molecule has 8 heteroatoms. The molecule has 0 aromatic rings. The molecule has 1 fully saturated rings. The molecule has 2 atom stereocenters. The number of ether oxygens (including phenoxy) is 7. The van der Waals surface area contributed by atoms with Crippen molar-refractivity contribution in [2.75, 3.05) is 80.0 Å². The van der Waals surface area contributed by atoms with Crippen molar-refractivity contribution in [1.82, 2.24) is 0 Å². The van der Waals surface area contributed by atoms with E-state index in [1.807, 2.05) is 6.08 Å². The van der Waals surface area contributed by atoms with E-state index in [9.17, 15) is 0 Å². The smallest absolute Gasteiger partial charge is 0.146 e. The first-order chi connectivity index (χ1) is 13.8. The number of rotatable bonds is 20. The lowest BCUT2D eigenvalue weighted by Crippen LogP contribution is -2.28. The fourth-order valence-corrected chi connectivity index (χ4v) is 1.74. The topological polar surface area (TPSA) is 88.1 Å². The van der Waals surface area contributed by atoms with Gasteiger partial charge in [-0.3, -0.25) is 0 Å². The van der Waals surface area contributed by atoms with Gasteiger partial charge in [0.25, 0.3) is 0 Å². The van der Waals surface area contributed by atoms with Crippen molar-refractivity contribution >= 4 is 0 Å². The number of aliphatic hydroxyl groups excluding tert-OH is 1. The molecule has 1 aliphatic rings. The van der Waals surface area contributed by atoms with E-state index < -0.39 is 0 Å². The van der Waals surface area contributed by atoms with Gasteiger partial charge in [0.2, 0.25) is 0 Å². The van der Waals surface area contributed by atoms with Crippen LogP contribution in [0, 0.1) is 0 Å². The molecule has 0 spiro atoms. The molecule has 1 rings (SSSR count). The SMILES string of the molecule is C=CCCOCCO.C=CCCOCCOCC(COCC1CO1)OCOC. The maximum Gasteiger partial charge on any atom is 0.146 e. The summed E-state index contributed by atoms with van der Waals surface area (Å²) in [7, 11) is 1.59. The maximum atomic E-state index is 8.21. The summed E-state index contributed by atoms with van der Waals surface area (Å²) in [6, 6.07) is 0. The van der Waals surface area contributed by atoms with E-state index in [0.29, 0.717) is 52.9 Å². The van der Waals surface area contributed by atoms with Gasteiger partial charge in [-0.05, 0) is 12.8 Å². The number of hydrogen-bond acceptors (Lipinski definition) is 8. The minimum Gasteiger partial charge on any atom is -0.394 e. The summed E-state index contributed by atoms with van der Waals surface area (Å²) in [4.78, 5) is 0. The first-order valence-electron chi connectivity index (χ1n) is 9.64. The molecule has 28 heavy (non-hydrogen) atoms. The van der Waals surface area contributed by atoms with Crippen LogP contribution in [0.1, 0.15) is 12.8 Å². The molecule has 0 radical (unpaired) electrons. The molecule has 1 aliphatic heterocycles. The Labute approximate surface area is 169 Å². The third-order valence-electron chi connectivity index (χ3n) is 3.28. The van der Waals surface area contributed by atoms with Crippen LogP contribution >= 0.6 is 0 Å². The summed E-state index contributed by atoms with van der Waals surface area (Å²) in [5, 5.41) is 8.21. The van der Waals surface area contributed by atoms with Crippen molar-refractivity contribution in [2.45, 2.75) is 25.0 Å². The molecule has 0 aliphatic carbocycles. The Morgan fingerprint density at radius 1 is 0.964 bits per heavy atom. The number of hydrogen-bond donors (Lipinski definition) is 1. The quantitative estimate of drug-likeness (QED) is 0.141. The standard InChI is InChI=1S/C14H26O6.C6H12O2/c1-3-4-5-16-6-7-17-8-13(20-12-15-2)9-18-10-14-11-19-14;1-2-3-5-8-6-4-7/h3,13-14H,1,4-12H2,2H3;2,7H,1,3-6H2. The molecule has 2 unspecified atom stereocenters. The second-order valence-corrected chi connectivity index (χ2v) is 5.87. The zero-order valence-corrected chi connectivity index (χ0v) is 17.2. The molecule has 166 valence electrons. The fourth-order valence-electron chi connectivity index (χ4n) is 1.74. The predicted molar refractivity (Wildman–Crippen MR) is 106 cm³/mol.